The summed E-state index contributed by atoms with van der Waals surface area (Å²) >= 11 is 2.11. The van der Waals surface area contributed by atoms with Gasteiger partial charge in [0.15, 0.2) is 11.5 Å². The Balaban J connectivity index is 1.47. The van der Waals surface area contributed by atoms with Gasteiger partial charge in [-0.15, -0.1) is 0 Å². The number of carboxylic acids is 1. The first-order valence-corrected chi connectivity index (χ1v) is 15.9. The molecule has 1 aromatic rings. The van der Waals surface area contributed by atoms with Crippen LogP contribution in [0.1, 0.15) is 83.6 Å². The minimum atomic E-state index is -0.820. The third-order valence-electron chi connectivity index (χ3n) is 8.75. The molecule has 2 aliphatic heterocycles. The molecule has 0 bridgehead atoms. The van der Waals surface area contributed by atoms with Crippen LogP contribution >= 0.6 is 22.6 Å². The number of halogens is 1. The van der Waals surface area contributed by atoms with E-state index in [1.807, 2.05) is 12.1 Å². The highest BCUT2D eigenvalue weighted by atomic mass is 127. The number of amides is 2. The minimum Gasteiger partial charge on any atom is -0.504 e. The number of unbranched alkanes of at least 4 members (excludes halogenated alkanes) is 2. The van der Waals surface area contributed by atoms with Crippen LogP contribution in [0.3, 0.4) is 0 Å². The highest BCUT2D eigenvalue weighted by Crippen LogP contribution is 2.50. The Hall–Kier alpha value is -2.40. The van der Waals surface area contributed by atoms with Crippen LogP contribution in [0.4, 0.5) is 0 Å². The SMILES string of the molecule is CCCC1=C2[C@@H](CC/C(=C/c3cc(I)c(O)c(OC)c3)CC)OC[C@@H]2[C@@H]2C(=O)N(CCCCCC(=O)O)C(=O)[C@@H]2C1. The van der Waals surface area contributed by atoms with E-state index in [4.69, 9.17) is 14.6 Å². The average Bonchev–Trinajstić information content (AvgIpc) is 3.47. The molecule has 1 aromatic carbocycles. The van der Waals surface area contributed by atoms with Crippen LogP contribution < -0.4 is 4.74 Å². The number of rotatable bonds is 14. The van der Waals surface area contributed by atoms with E-state index in [-0.39, 0.29) is 47.8 Å². The van der Waals surface area contributed by atoms with Crippen molar-refractivity contribution in [1.29, 1.82) is 0 Å². The molecule has 0 spiro atoms. The summed E-state index contributed by atoms with van der Waals surface area (Å²) < 4.78 is 12.4. The molecule has 2 fully saturated rings. The van der Waals surface area contributed by atoms with Crippen molar-refractivity contribution in [2.45, 2.75) is 84.2 Å². The van der Waals surface area contributed by atoms with E-state index < -0.39 is 5.97 Å². The topological polar surface area (TPSA) is 113 Å². The number of aliphatic carboxylic acids is 1. The molecular formula is C32H42INO7. The number of phenolic OH excluding ortho intramolecular Hbond substituents is 1. The van der Waals surface area contributed by atoms with Crippen LogP contribution in [0.15, 0.2) is 28.9 Å². The first-order valence-electron chi connectivity index (χ1n) is 14.9. The number of imide groups is 1. The van der Waals surface area contributed by atoms with Gasteiger partial charge in [-0.3, -0.25) is 19.3 Å². The van der Waals surface area contributed by atoms with Gasteiger partial charge in [0, 0.05) is 18.9 Å². The van der Waals surface area contributed by atoms with Gasteiger partial charge < -0.3 is 19.7 Å². The van der Waals surface area contributed by atoms with E-state index in [0.29, 0.717) is 44.6 Å². The molecule has 2 N–H and O–H groups in total. The lowest BCUT2D eigenvalue weighted by Crippen LogP contribution is -2.34. The number of hydrogen-bond donors (Lipinski definition) is 2. The number of phenols is 1. The molecule has 2 amide bonds. The van der Waals surface area contributed by atoms with Gasteiger partial charge in [-0.25, -0.2) is 0 Å². The van der Waals surface area contributed by atoms with Gasteiger partial charge in [-0.05, 0) is 90.8 Å². The van der Waals surface area contributed by atoms with Crippen LogP contribution in [0, 0.1) is 21.3 Å². The van der Waals surface area contributed by atoms with Gasteiger partial charge in [0.1, 0.15) is 0 Å². The molecule has 2 saturated heterocycles. The predicted octanol–water partition coefficient (Wildman–Crippen LogP) is 6.34. The van der Waals surface area contributed by atoms with Crippen molar-refractivity contribution in [1.82, 2.24) is 4.90 Å². The fourth-order valence-corrected chi connectivity index (χ4v) is 7.38. The molecule has 8 nitrogen and oxygen atoms in total. The van der Waals surface area contributed by atoms with Crippen molar-refractivity contribution in [3.63, 3.8) is 0 Å². The molecular weight excluding hydrogens is 637 g/mol. The Kier molecular flexibility index (Phi) is 10.9. The average molecular weight is 680 g/mol. The van der Waals surface area contributed by atoms with Gasteiger partial charge in [0.2, 0.25) is 11.8 Å². The van der Waals surface area contributed by atoms with Crippen molar-refractivity contribution in [3.8, 4) is 11.5 Å². The molecule has 9 heteroatoms. The van der Waals surface area contributed by atoms with Crippen LogP contribution in [0.2, 0.25) is 0 Å². The van der Waals surface area contributed by atoms with Crippen molar-refractivity contribution < 1.29 is 34.1 Å². The molecule has 0 unspecified atom stereocenters. The highest BCUT2D eigenvalue weighted by molar-refractivity contribution is 14.1. The molecule has 2 heterocycles. The number of carbonyl (C=O) groups excluding carboxylic acids is 2. The summed E-state index contributed by atoms with van der Waals surface area (Å²) in [5.41, 5.74) is 4.81. The highest BCUT2D eigenvalue weighted by Gasteiger charge is 2.56. The van der Waals surface area contributed by atoms with Crippen LogP contribution in [0.25, 0.3) is 6.08 Å². The lowest BCUT2D eigenvalue weighted by atomic mass is 9.68. The number of carboxylic acid groups (broad SMARTS) is 1. The Bertz CT molecular complexity index is 1220. The van der Waals surface area contributed by atoms with E-state index in [1.54, 1.807) is 7.11 Å². The first kappa shape index (κ1) is 31.5. The monoisotopic (exact) mass is 679 g/mol. The molecule has 0 saturated carbocycles. The molecule has 4 rings (SSSR count). The Morgan fingerprint density at radius 3 is 2.61 bits per heavy atom. The number of hydrogen-bond acceptors (Lipinski definition) is 6. The van der Waals surface area contributed by atoms with Crippen LogP contribution in [-0.4, -0.2) is 59.3 Å². The third-order valence-corrected chi connectivity index (χ3v) is 9.57. The quantitative estimate of drug-likeness (QED) is 0.102. The molecule has 224 valence electrons. The molecule has 0 radical (unpaired) electrons. The normalized spacial score (nSPS) is 24.2. The van der Waals surface area contributed by atoms with Crippen molar-refractivity contribution in [3.05, 3.63) is 38.0 Å². The van der Waals surface area contributed by atoms with Gasteiger partial charge >= 0.3 is 5.97 Å². The van der Waals surface area contributed by atoms with Gasteiger partial charge in [0.05, 0.1) is 35.2 Å². The number of benzene rings is 1. The molecule has 1 aliphatic carbocycles. The van der Waals surface area contributed by atoms with Gasteiger partial charge in [0.25, 0.3) is 0 Å². The van der Waals surface area contributed by atoms with E-state index >= 15 is 0 Å². The zero-order valence-electron chi connectivity index (χ0n) is 24.3. The summed E-state index contributed by atoms with van der Waals surface area (Å²) in [5.74, 6) is -1.07. The van der Waals surface area contributed by atoms with Gasteiger partial charge in [-0.2, -0.15) is 0 Å². The summed E-state index contributed by atoms with van der Waals surface area (Å²) in [6.45, 7) is 5.12. The number of carbonyl (C=O) groups is 3. The second kappa shape index (κ2) is 14.2. The Morgan fingerprint density at radius 2 is 1.93 bits per heavy atom. The standard InChI is InChI=1S/C32H42INO7/c1-4-9-21-17-22-29(32(39)34(31(22)38)13-8-6-7-10-27(35)36)23-18-41-25(28(21)23)12-11-19(5-2)14-20-15-24(33)30(37)26(16-20)40-3/h14-16,22-23,25,29,37H,4-13,17-18H2,1-3H3,(H,35,36)/b19-14+/t22-,23+,25-,29-/m1/s1. The van der Waals surface area contributed by atoms with E-state index in [2.05, 4.69) is 42.5 Å². The fourth-order valence-electron chi connectivity index (χ4n) is 6.76. The lowest BCUT2D eigenvalue weighted by molar-refractivity contribution is -0.141. The summed E-state index contributed by atoms with van der Waals surface area (Å²) in [5, 5.41) is 19.1. The van der Waals surface area contributed by atoms with Crippen molar-refractivity contribution >= 4 is 46.5 Å². The van der Waals surface area contributed by atoms with Gasteiger partial charge in [-0.1, -0.05) is 43.9 Å². The number of nitrogens with zero attached hydrogens (tertiary/aromatic N) is 1. The third kappa shape index (κ3) is 6.98. The minimum absolute atomic E-state index is 0.0502. The van der Waals surface area contributed by atoms with Crippen molar-refractivity contribution in [2.24, 2.45) is 17.8 Å². The number of likely N-dealkylation sites (tertiary alicyclic amines) is 1. The maximum Gasteiger partial charge on any atom is 0.303 e. The Morgan fingerprint density at radius 1 is 1.15 bits per heavy atom. The second-order valence-corrected chi connectivity index (χ2v) is 12.5. The predicted molar refractivity (Wildman–Crippen MR) is 164 cm³/mol. The second-order valence-electron chi connectivity index (χ2n) is 11.4. The maximum absolute atomic E-state index is 13.6. The van der Waals surface area contributed by atoms with Crippen LogP contribution in [-0.2, 0) is 19.1 Å². The zero-order chi connectivity index (χ0) is 29.7. The lowest BCUT2D eigenvalue weighted by Gasteiger charge is -2.32. The summed E-state index contributed by atoms with van der Waals surface area (Å²) in [6.07, 6.45) is 9.15. The maximum atomic E-state index is 13.6. The smallest absolute Gasteiger partial charge is 0.303 e. The molecule has 41 heavy (non-hydrogen) atoms. The largest absolute Gasteiger partial charge is 0.504 e. The van der Waals surface area contributed by atoms with E-state index in [9.17, 15) is 19.5 Å². The summed E-state index contributed by atoms with van der Waals surface area (Å²) in [7, 11) is 1.55. The number of aromatic hydroxyl groups is 1. The Labute approximate surface area is 256 Å². The molecule has 4 atom stereocenters. The van der Waals surface area contributed by atoms with E-state index in [1.165, 1.54) is 21.6 Å². The first-order chi connectivity index (χ1) is 19.7. The molecule has 3 aliphatic rings. The zero-order valence-corrected chi connectivity index (χ0v) is 26.4. The number of methoxy groups -OCH3 is 1. The molecule has 0 aromatic heterocycles. The summed E-state index contributed by atoms with van der Waals surface area (Å²) in [4.78, 5) is 39.2. The summed E-state index contributed by atoms with van der Waals surface area (Å²) in [6, 6.07) is 3.79. The number of fused-ring (bicyclic) bond motifs is 3. The number of allylic oxidation sites excluding steroid dienone is 2. The van der Waals surface area contributed by atoms with Crippen LogP contribution in [0.5, 0.6) is 11.5 Å². The number of ether oxygens (including phenoxy) is 2. The van der Waals surface area contributed by atoms with E-state index in [0.717, 1.165) is 41.2 Å². The fraction of sp³-hybridized carbons (Fsp3) is 0.594. The van der Waals surface area contributed by atoms with Crippen molar-refractivity contribution in [2.75, 3.05) is 20.3 Å².